The molecule has 3 aliphatic rings. The molecule has 2 atom stereocenters. The smallest absolute Gasteiger partial charge is 0.119 e. The normalized spacial score (nSPS) is 25.8. The van der Waals surface area contributed by atoms with Crippen LogP contribution in [0, 0.1) is 18.8 Å². The number of ether oxygens (including phenoxy) is 1. The molecular formula is C28H32N2O. The fraction of sp³-hybridized carbons (Fsp3) is 0.464. The molecule has 2 heterocycles. The topological polar surface area (TPSA) is 25.4 Å². The summed E-state index contributed by atoms with van der Waals surface area (Å²) in [6.07, 6.45) is 6.25. The summed E-state index contributed by atoms with van der Waals surface area (Å²) in [4.78, 5) is 7.95. The number of hydrogen-bond donors (Lipinski definition) is 0. The summed E-state index contributed by atoms with van der Waals surface area (Å²) >= 11 is 0. The number of benzene rings is 2. The molecule has 0 amide bonds. The maximum atomic E-state index is 5.62. The van der Waals surface area contributed by atoms with Gasteiger partial charge in [-0.2, -0.15) is 0 Å². The Kier molecular flexibility index (Phi) is 4.57. The van der Waals surface area contributed by atoms with Crippen molar-refractivity contribution in [3.63, 3.8) is 0 Å². The van der Waals surface area contributed by atoms with Crippen LogP contribution in [-0.2, 0) is 18.3 Å². The summed E-state index contributed by atoms with van der Waals surface area (Å²) in [7, 11) is 1.78. The predicted octanol–water partition coefficient (Wildman–Crippen LogP) is 5.32. The lowest BCUT2D eigenvalue weighted by Gasteiger charge is -2.51. The highest BCUT2D eigenvalue weighted by Crippen LogP contribution is 2.49. The molecule has 3 heteroatoms. The zero-order chi connectivity index (χ0) is 21.0. The second kappa shape index (κ2) is 7.34. The molecule has 160 valence electrons. The van der Waals surface area contributed by atoms with Crippen LogP contribution in [0.1, 0.15) is 41.6 Å². The average molecular weight is 413 g/mol. The van der Waals surface area contributed by atoms with Crippen LogP contribution >= 0.6 is 0 Å². The molecule has 1 saturated carbocycles. The lowest BCUT2D eigenvalue weighted by Crippen LogP contribution is -2.54. The molecule has 0 bridgehead atoms. The lowest BCUT2D eigenvalue weighted by molar-refractivity contribution is 0.0777. The molecule has 31 heavy (non-hydrogen) atoms. The highest BCUT2D eigenvalue weighted by Gasteiger charge is 2.48. The van der Waals surface area contributed by atoms with Gasteiger partial charge in [-0.3, -0.25) is 4.98 Å². The highest BCUT2D eigenvalue weighted by atomic mass is 16.5. The van der Waals surface area contributed by atoms with E-state index in [-0.39, 0.29) is 5.41 Å². The maximum absolute atomic E-state index is 5.62. The van der Waals surface area contributed by atoms with Crippen LogP contribution in [0.3, 0.4) is 0 Å². The van der Waals surface area contributed by atoms with Crippen molar-refractivity contribution in [2.45, 2.75) is 44.4 Å². The Bertz CT molecular complexity index is 1140. The number of hydrogen-bond acceptors (Lipinski definition) is 3. The van der Waals surface area contributed by atoms with Gasteiger partial charge in [0.1, 0.15) is 5.75 Å². The van der Waals surface area contributed by atoms with Crippen molar-refractivity contribution in [2.24, 2.45) is 11.8 Å². The number of rotatable bonds is 4. The van der Waals surface area contributed by atoms with Crippen LogP contribution in [0.25, 0.3) is 10.9 Å². The quantitative estimate of drug-likeness (QED) is 0.580. The van der Waals surface area contributed by atoms with E-state index in [0.717, 1.165) is 30.0 Å². The van der Waals surface area contributed by atoms with Gasteiger partial charge in [0, 0.05) is 36.0 Å². The molecule has 1 aromatic heterocycles. The zero-order valence-electron chi connectivity index (χ0n) is 18.7. The molecular weight excluding hydrogens is 380 g/mol. The predicted molar refractivity (Wildman–Crippen MR) is 126 cm³/mol. The summed E-state index contributed by atoms with van der Waals surface area (Å²) < 4.78 is 5.62. The van der Waals surface area contributed by atoms with Crippen molar-refractivity contribution in [2.75, 3.05) is 26.7 Å². The number of nitrogens with zero attached hydrogens (tertiary/aromatic N) is 2. The first-order chi connectivity index (χ1) is 15.1. The first-order valence-electron chi connectivity index (χ1n) is 11.9. The van der Waals surface area contributed by atoms with Crippen molar-refractivity contribution in [3.05, 3.63) is 70.9 Å². The van der Waals surface area contributed by atoms with Crippen LogP contribution < -0.4 is 4.74 Å². The zero-order valence-corrected chi connectivity index (χ0v) is 18.7. The van der Waals surface area contributed by atoms with E-state index >= 15 is 0 Å². The van der Waals surface area contributed by atoms with E-state index < -0.39 is 0 Å². The van der Waals surface area contributed by atoms with E-state index in [4.69, 9.17) is 9.72 Å². The van der Waals surface area contributed by atoms with Gasteiger partial charge in [0.25, 0.3) is 0 Å². The van der Waals surface area contributed by atoms with Crippen LogP contribution in [0.15, 0.2) is 48.5 Å². The van der Waals surface area contributed by atoms with Gasteiger partial charge in [-0.15, -0.1) is 0 Å². The van der Waals surface area contributed by atoms with Gasteiger partial charge in [0.15, 0.2) is 0 Å². The Morgan fingerprint density at radius 3 is 2.87 bits per heavy atom. The summed E-state index contributed by atoms with van der Waals surface area (Å²) in [5, 5.41) is 1.29. The minimum Gasteiger partial charge on any atom is -0.497 e. The molecule has 3 aromatic rings. The molecule has 3 nitrogen and oxygen atoms in total. The maximum Gasteiger partial charge on any atom is 0.119 e. The SMILES string of the molecule is COc1cccc([C@@]23CCN(CC4CC4)C[C@@H]2Cc2cc4cc(C)ccc4nc2C3)c1. The molecule has 1 aliphatic heterocycles. The third-order valence-electron chi connectivity index (χ3n) is 8.08. The van der Waals surface area contributed by atoms with Crippen LogP contribution in [0.2, 0.25) is 0 Å². The molecule has 0 N–H and O–H groups in total. The van der Waals surface area contributed by atoms with Gasteiger partial charge < -0.3 is 9.64 Å². The molecule has 0 radical (unpaired) electrons. The summed E-state index contributed by atoms with van der Waals surface area (Å²) in [6, 6.07) is 18.0. The third-order valence-corrected chi connectivity index (χ3v) is 8.08. The van der Waals surface area contributed by atoms with Gasteiger partial charge >= 0.3 is 0 Å². The fourth-order valence-corrected chi connectivity index (χ4v) is 6.15. The summed E-state index contributed by atoms with van der Waals surface area (Å²) in [6.45, 7) is 5.88. The molecule has 2 aliphatic carbocycles. The molecule has 1 saturated heterocycles. The number of fused-ring (bicyclic) bond motifs is 3. The number of aromatic nitrogens is 1. The van der Waals surface area contributed by atoms with E-state index in [1.54, 1.807) is 7.11 Å². The van der Waals surface area contributed by atoms with Gasteiger partial charge in [-0.25, -0.2) is 0 Å². The molecule has 6 rings (SSSR count). The number of pyridine rings is 1. The lowest BCUT2D eigenvalue weighted by atomic mass is 9.58. The van der Waals surface area contributed by atoms with E-state index in [1.807, 2.05) is 0 Å². The standard InChI is InChI=1S/C28H32N2O/c1-19-6-9-26-21(12-19)13-22-14-24-18-30(17-20-7-8-20)11-10-28(24,16-27(22)29-26)23-4-3-5-25(15-23)31-2/h3-6,9,12-13,15,20,24H,7-8,10-11,14,16-18H2,1-2H3/t24-,28-/m0/s1. The minimum absolute atomic E-state index is 0.160. The number of piperidine rings is 1. The number of likely N-dealkylation sites (tertiary alicyclic amines) is 1. The van der Waals surface area contributed by atoms with Gasteiger partial charge in [0.05, 0.1) is 12.6 Å². The van der Waals surface area contributed by atoms with Crippen molar-refractivity contribution < 1.29 is 4.74 Å². The van der Waals surface area contributed by atoms with Gasteiger partial charge in [0.2, 0.25) is 0 Å². The monoisotopic (exact) mass is 412 g/mol. The van der Waals surface area contributed by atoms with Crippen LogP contribution in [0.4, 0.5) is 0 Å². The van der Waals surface area contributed by atoms with Crippen molar-refractivity contribution in [3.8, 4) is 5.75 Å². The second-order valence-electron chi connectivity index (χ2n) is 10.2. The first-order valence-corrected chi connectivity index (χ1v) is 11.9. The largest absolute Gasteiger partial charge is 0.497 e. The first kappa shape index (κ1) is 19.3. The van der Waals surface area contributed by atoms with E-state index in [0.29, 0.717) is 5.92 Å². The fourth-order valence-electron chi connectivity index (χ4n) is 6.15. The summed E-state index contributed by atoms with van der Waals surface area (Å²) in [5.74, 6) is 2.55. The second-order valence-corrected chi connectivity index (χ2v) is 10.2. The Morgan fingerprint density at radius 1 is 1.13 bits per heavy atom. The Morgan fingerprint density at radius 2 is 2.03 bits per heavy atom. The van der Waals surface area contributed by atoms with Crippen molar-refractivity contribution in [1.29, 1.82) is 0 Å². The highest BCUT2D eigenvalue weighted by molar-refractivity contribution is 5.80. The molecule has 0 unspecified atom stereocenters. The van der Waals surface area contributed by atoms with E-state index in [2.05, 4.69) is 60.4 Å². The van der Waals surface area contributed by atoms with Gasteiger partial charge in [-0.1, -0.05) is 23.8 Å². The number of aryl methyl sites for hydroxylation is 1. The molecule has 0 spiro atoms. The molecule has 2 aromatic carbocycles. The summed E-state index contributed by atoms with van der Waals surface area (Å²) in [5.41, 5.74) is 6.83. The van der Waals surface area contributed by atoms with Crippen LogP contribution in [0.5, 0.6) is 5.75 Å². The Labute approximate surface area is 185 Å². The van der Waals surface area contributed by atoms with E-state index in [1.165, 1.54) is 66.7 Å². The Hall–Kier alpha value is -2.39. The van der Waals surface area contributed by atoms with E-state index in [9.17, 15) is 0 Å². The van der Waals surface area contributed by atoms with Crippen molar-refractivity contribution >= 4 is 10.9 Å². The average Bonchev–Trinajstić information content (AvgIpc) is 3.60. The third kappa shape index (κ3) is 3.43. The number of methoxy groups -OCH3 is 1. The van der Waals surface area contributed by atoms with Crippen molar-refractivity contribution in [1.82, 2.24) is 9.88 Å². The van der Waals surface area contributed by atoms with Crippen LogP contribution in [-0.4, -0.2) is 36.6 Å². The minimum atomic E-state index is 0.160. The Balaban J connectivity index is 1.43. The van der Waals surface area contributed by atoms with Gasteiger partial charge in [-0.05, 0) is 92.4 Å². The molecule has 2 fully saturated rings.